The molecule has 2 rings (SSSR count). The van der Waals surface area contributed by atoms with Crippen LogP contribution in [0.25, 0.3) is 0 Å². The van der Waals surface area contributed by atoms with E-state index in [1.165, 1.54) is 0 Å². The Labute approximate surface area is 149 Å². The third-order valence-electron chi connectivity index (χ3n) is 3.08. The normalized spacial score (nSPS) is 11.3. The Morgan fingerprint density at radius 3 is 2.30 bits per heavy atom. The van der Waals surface area contributed by atoms with Gasteiger partial charge in [0, 0.05) is 24.5 Å². The number of nitrogens with two attached hydrogens (primary N) is 1. The van der Waals surface area contributed by atoms with Crippen LogP contribution < -0.4 is 16.4 Å². The molecule has 0 saturated heterocycles. The van der Waals surface area contributed by atoms with Gasteiger partial charge in [-0.15, -0.1) is 0 Å². The van der Waals surface area contributed by atoms with Crippen molar-refractivity contribution < 1.29 is 4.79 Å². The molecule has 0 saturated carbocycles. The highest BCUT2D eigenvalue weighted by molar-refractivity contribution is 6.76. The van der Waals surface area contributed by atoms with Crippen molar-refractivity contribution in [3.05, 3.63) is 59.7 Å². The van der Waals surface area contributed by atoms with Crippen molar-refractivity contribution >= 4 is 52.1 Å². The van der Waals surface area contributed by atoms with Crippen LogP contribution in [-0.4, -0.2) is 9.70 Å². The summed E-state index contributed by atoms with van der Waals surface area (Å²) in [7, 11) is 0. The van der Waals surface area contributed by atoms with E-state index in [1.807, 2.05) is 42.5 Å². The summed E-state index contributed by atoms with van der Waals surface area (Å²) >= 11 is 16.6. The highest BCUT2D eigenvalue weighted by Gasteiger charge is 2.30. The number of benzene rings is 2. The Morgan fingerprint density at radius 1 is 1.00 bits per heavy atom. The Kier molecular flexibility index (Phi) is 6.13. The molecule has 0 bridgehead atoms. The summed E-state index contributed by atoms with van der Waals surface area (Å²) < 4.78 is -1.98. The number of hydrogen-bond donors (Lipinski definition) is 3. The lowest BCUT2D eigenvalue weighted by molar-refractivity contribution is -0.115. The van der Waals surface area contributed by atoms with E-state index < -0.39 is 9.70 Å². The molecule has 0 aliphatic rings. The molecule has 0 aromatic heterocycles. The monoisotopic (exact) mass is 371 g/mol. The van der Waals surface area contributed by atoms with Gasteiger partial charge >= 0.3 is 0 Å². The topological polar surface area (TPSA) is 67.2 Å². The van der Waals surface area contributed by atoms with Crippen molar-refractivity contribution in [3.63, 3.8) is 0 Å². The number of carbonyl (C=O) groups excluding carboxylic acids is 1. The average Bonchev–Trinajstić information content (AvgIpc) is 2.49. The van der Waals surface area contributed by atoms with Gasteiger partial charge in [0.1, 0.15) is 0 Å². The van der Waals surface area contributed by atoms with E-state index in [0.717, 1.165) is 16.8 Å². The Balaban J connectivity index is 1.90. The number of rotatable bonds is 5. The van der Waals surface area contributed by atoms with Gasteiger partial charge in [0.25, 0.3) is 9.70 Å². The van der Waals surface area contributed by atoms with E-state index in [2.05, 4.69) is 10.6 Å². The zero-order valence-electron chi connectivity index (χ0n) is 12.2. The molecule has 2 aromatic carbocycles. The van der Waals surface area contributed by atoms with E-state index in [4.69, 9.17) is 40.5 Å². The van der Waals surface area contributed by atoms with E-state index in [-0.39, 0.29) is 0 Å². The van der Waals surface area contributed by atoms with E-state index in [0.29, 0.717) is 18.8 Å². The molecular formula is C16H16Cl3N3O. The number of carbonyl (C=O) groups is 1. The average molecular weight is 373 g/mol. The SMILES string of the molecule is Nc1ccc(CNCc2cccc(NC(=O)C(Cl)(Cl)Cl)c2)cc1. The van der Waals surface area contributed by atoms with E-state index >= 15 is 0 Å². The first-order valence-electron chi connectivity index (χ1n) is 6.87. The number of hydrogen-bond acceptors (Lipinski definition) is 3. The van der Waals surface area contributed by atoms with Gasteiger partial charge < -0.3 is 16.4 Å². The quantitative estimate of drug-likeness (QED) is 0.551. The number of anilines is 2. The lowest BCUT2D eigenvalue weighted by Gasteiger charge is -2.12. The van der Waals surface area contributed by atoms with Crippen molar-refractivity contribution in [2.24, 2.45) is 0 Å². The summed E-state index contributed by atoms with van der Waals surface area (Å²) in [6.45, 7) is 1.35. The molecule has 7 heteroatoms. The minimum Gasteiger partial charge on any atom is -0.399 e. The zero-order chi connectivity index (χ0) is 16.9. The fraction of sp³-hybridized carbons (Fsp3) is 0.188. The van der Waals surface area contributed by atoms with Crippen LogP contribution in [0, 0.1) is 0 Å². The Bertz CT molecular complexity index is 669. The van der Waals surface area contributed by atoms with Crippen LogP contribution in [0.15, 0.2) is 48.5 Å². The molecule has 0 spiro atoms. The highest BCUT2D eigenvalue weighted by atomic mass is 35.6. The van der Waals surface area contributed by atoms with Gasteiger partial charge in [-0.2, -0.15) is 0 Å². The van der Waals surface area contributed by atoms with Crippen LogP contribution in [0.2, 0.25) is 0 Å². The minimum absolute atomic E-state index is 0.577. The summed E-state index contributed by atoms with van der Waals surface area (Å²) in [6, 6.07) is 15.0. The van der Waals surface area contributed by atoms with Gasteiger partial charge in [-0.1, -0.05) is 59.1 Å². The summed E-state index contributed by atoms with van der Waals surface area (Å²) in [5.74, 6) is -0.686. The van der Waals surface area contributed by atoms with Gasteiger partial charge in [-0.3, -0.25) is 4.79 Å². The second-order valence-electron chi connectivity index (χ2n) is 5.00. The van der Waals surface area contributed by atoms with Crippen LogP contribution in [0.4, 0.5) is 11.4 Å². The van der Waals surface area contributed by atoms with E-state index in [9.17, 15) is 4.79 Å². The first-order valence-corrected chi connectivity index (χ1v) is 8.00. The third-order valence-corrected chi connectivity index (χ3v) is 3.60. The molecule has 4 N–H and O–H groups in total. The molecule has 1 amide bonds. The fourth-order valence-corrected chi connectivity index (χ4v) is 2.09. The van der Waals surface area contributed by atoms with Crippen LogP contribution in [0.5, 0.6) is 0 Å². The molecule has 0 atom stereocenters. The van der Waals surface area contributed by atoms with Gasteiger partial charge in [0.2, 0.25) is 0 Å². The van der Waals surface area contributed by atoms with Gasteiger partial charge in [0.15, 0.2) is 0 Å². The summed E-state index contributed by atoms with van der Waals surface area (Å²) in [5.41, 5.74) is 9.11. The molecular weight excluding hydrogens is 357 g/mol. The lowest BCUT2D eigenvalue weighted by atomic mass is 10.1. The Morgan fingerprint density at radius 2 is 1.65 bits per heavy atom. The number of nitrogen functional groups attached to an aromatic ring is 1. The Hall–Kier alpha value is -1.46. The molecule has 0 fully saturated rings. The second-order valence-corrected chi connectivity index (χ2v) is 7.28. The van der Waals surface area contributed by atoms with Crippen molar-refractivity contribution in [1.82, 2.24) is 5.32 Å². The molecule has 4 nitrogen and oxygen atoms in total. The molecule has 122 valence electrons. The number of nitrogens with one attached hydrogen (secondary N) is 2. The lowest BCUT2D eigenvalue weighted by Crippen LogP contribution is -2.27. The maximum atomic E-state index is 11.6. The second kappa shape index (κ2) is 7.88. The number of alkyl halides is 3. The smallest absolute Gasteiger partial charge is 0.276 e. The summed E-state index contributed by atoms with van der Waals surface area (Å²) in [5, 5.41) is 5.88. The van der Waals surface area contributed by atoms with Crippen LogP contribution in [-0.2, 0) is 17.9 Å². The molecule has 0 radical (unpaired) electrons. The van der Waals surface area contributed by atoms with E-state index in [1.54, 1.807) is 6.07 Å². The summed E-state index contributed by atoms with van der Waals surface area (Å²) in [6.07, 6.45) is 0. The molecule has 0 heterocycles. The fourth-order valence-electron chi connectivity index (χ4n) is 1.95. The zero-order valence-corrected chi connectivity index (χ0v) is 14.4. The molecule has 0 unspecified atom stereocenters. The highest BCUT2D eigenvalue weighted by Crippen LogP contribution is 2.27. The van der Waals surface area contributed by atoms with Crippen LogP contribution in [0.3, 0.4) is 0 Å². The number of amides is 1. The maximum absolute atomic E-state index is 11.6. The molecule has 23 heavy (non-hydrogen) atoms. The van der Waals surface area contributed by atoms with Crippen molar-refractivity contribution in [1.29, 1.82) is 0 Å². The molecule has 2 aromatic rings. The number of halogens is 3. The first-order chi connectivity index (χ1) is 10.8. The predicted octanol–water partition coefficient (Wildman–Crippen LogP) is 3.87. The van der Waals surface area contributed by atoms with Gasteiger partial charge in [0.05, 0.1) is 0 Å². The largest absolute Gasteiger partial charge is 0.399 e. The standard InChI is InChI=1S/C16H16Cl3N3O/c17-16(18,19)15(23)22-14-3-1-2-12(8-14)10-21-9-11-4-6-13(20)7-5-11/h1-8,21H,9-10,20H2,(H,22,23). The van der Waals surface area contributed by atoms with Crippen molar-refractivity contribution in [2.45, 2.75) is 16.9 Å². The predicted molar refractivity (Wildman–Crippen MR) is 96.8 cm³/mol. The minimum atomic E-state index is -1.98. The van der Waals surface area contributed by atoms with Crippen LogP contribution in [0.1, 0.15) is 11.1 Å². The van der Waals surface area contributed by atoms with Crippen molar-refractivity contribution in [3.8, 4) is 0 Å². The van der Waals surface area contributed by atoms with Gasteiger partial charge in [-0.25, -0.2) is 0 Å². The van der Waals surface area contributed by atoms with Gasteiger partial charge in [-0.05, 0) is 35.4 Å². The molecule has 0 aliphatic carbocycles. The van der Waals surface area contributed by atoms with Crippen LogP contribution >= 0.6 is 34.8 Å². The summed E-state index contributed by atoms with van der Waals surface area (Å²) in [4.78, 5) is 11.6. The maximum Gasteiger partial charge on any atom is 0.276 e. The third kappa shape index (κ3) is 5.92. The van der Waals surface area contributed by atoms with Crippen molar-refractivity contribution in [2.75, 3.05) is 11.1 Å². The first kappa shape index (κ1) is 17.9. The molecule has 0 aliphatic heterocycles.